The van der Waals surface area contributed by atoms with Crippen LogP contribution < -0.4 is 0 Å². The van der Waals surface area contributed by atoms with E-state index >= 15 is 0 Å². The molecule has 0 radical (unpaired) electrons. The van der Waals surface area contributed by atoms with Gasteiger partial charge >= 0.3 is 0 Å². The number of para-hydroxylation sites is 3. The predicted octanol–water partition coefficient (Wildman–Crippen LogP) is 10.9. The molecular formula is C44H28N2. The number of hydrogen-bond donors (Lipinski definition) is 0. The molecule has 2 aromatic heterocycles. The van der Waals surface area contributed by atoms with E-state index < -0.39 is 6.04 Å². The fourth-order valence-corrected chi connectivity index (χ4v) is 8.76. The molecule has 0 saturated carbocycles. The number of fused-ring (bicyclic) bond motifs is 6. The molecule has 7 aromatic carbocycles. The van der Waals surface area contributed by atoms with E-state index in [-0.39, 0.29) is 41.7 Å². The molecule has 3 aliphatic rings. The molecular weight excluding hydrogens is 556 g/mol. The zero-order valence-corrected chi connectivity index (χ0v) is 24.7. The van der Waals surface area contributed by atoms with Crippen molar-refractivity contribution in [2.45, 2.75) is 11.8 Å². The van der Waals surface area contributed by atoms with Crippen LogP contribution in [-0.4, -0.2) is 9.13 Å². The molecule has 2 bridgehead atoms. The van der Waals surface area contributed by atoms with Gasteiger partial charge in [0.2, 0.25) is 0 Å². The van der Waals surface area contributed by atoms with Crippen LogP contribution in [0.15, 0.2) is 158 Å². The van der Waals surface area contributed by atoms with Crippen LogP contribution >= 0.6 is 0 Å². The summed E-state index contributed by atoms with van der Waals surface area (Å²) < 4.78 is 47.2. The average molecular weight is 590 g/mol. The molecule has 9 aromatic rings. The van der Waals surface area contributed by atoms with E-state index in [1.807, 2.05) is 34.9 Å². The first-order valence-corrected chi connectivity index (χ1v) is 15.8. The molecule has 0 spiro atoms. The van der Waals surface area contributed by atoms with Crippen molar-refractivity contribution in [3.05, 3.63) is 191 Å². The molecule has 0 aliphatic heterocycles. The van der Waals surface area contributed by atoms with Gasteiger partial charge in [0.1, 0.15) is 0 Å². The van der Waals surface area contributed by atoms with Crippen LogP contribution in [-0.2, 0) is 0 Å². The van der Waals surface area contributed by atoms with Crippen LogP contribution in [0.5, 0.6) is 0 Å². The average Bonchev–Trinajstić information content (AvgIpc) is 3.69. The lowest BCUT2D eigenvalue weighted by Crippen LogP contribution is -2.27. The van der Waals surface area contributed by atoms with Crippen LogP contribution in [0.3, 0.4) is 0 Å². The molecule has 0 fully saturated rings. The highest BCUT2D eigenvalue weighted by molar-refractivity contribution is 6.17. The lowest BCUT2D eigenvalue weighted by Gasteiger charge is -2.42. The van der Waals surface area contributed by atoms with Gasteiger partial charge < -0.3 is 9.13 Å². The first-order chi connectivity index (χ1) is 25.0. The minimum absolute atomic E-state index is 0.113. The van der Waals surface area contributed by atoms with Crippen LogP contribution in [0.1, 0.15) is 52.1 Å². The summed E-state index contributed by atoms with van der Waals surface area (Å²) in [6.45, 7) is 0. The van der Waals surface area contributed by atoms with Gasteiger partial charge in [-0.2, -0.15) is 0 Å². The van der Waals surface area contributed by atoms with Crippen molar-refractivity contribution < 1.29 is 6.85 Å². The fourth-order valence-electron chi connectivity index (χ4n) is 8.76. The molecule has 0 atom stereocenters. The lowest BCUT2D eigenvalue weighted by molar-refractivity contribution is 0.761. The van der Waals surface area contributed by atoms with E-state index in [9.17, 15) is 0 Å². The smallest absolute Gasteiger partial charge is 0.0645 e. The summed E-state index contributed by atoms with van der Waals surface area (Å²) >= 11 is 0. The van der Waals surface area contributed by atoms with E-state index in [1.165, 1.54) is 44.2 Å². The van der Waals surface area contributed by atoms with Gasteiger partial charge in [0.15, 0.2) is 0 Å². The number of hydrogen-bond acceptors (Lipinski definition) is 0. The van der Waals surface area contributed by atoms with Gasteiger partial charge in [-0.25, -0.2) is 0 Å². The van der Waals surface area contributed by atoms with Crippen LogP contribution in [0, 0.1) is 0 Å². The molecule has 2 heterocycles. The second-order valence-corrected chi connectivity index (χ2v) is 12.4. The van der Waals surface area contributed by atoms with Crippen molar-refractivity contribution in [1.29, 1.82) is 0 Å². The van der Waals surface area contributed by atoms with Crippen molar-refractivity contribution in [2.75, 3.05) is 0 Å². The normalized spacial score (nSPS) is 17.8. The highest BCUT2D eigenvalue weighted by Gasteiger charge is 2.42. The van der Waals surface area contributed by atoms with Gasteiger partial charge in [0, 0.05) is 39.1 Å². The Morgan fingerprint density at radius 2 is 0.957 bits per heavy atom. The first kappa shape index (κ1) is 20.2. The Balaban J connectivity index is 1.27. The summed E-state index contributed by atoms with van der Waals surface area (Å²) in [4.78, 5) is 0. The summed E-state index contributed by atoms with van der Waals surface area (Å²) in [5.41, 5.74) is 13.2. The molecule has 2 nitrogen and oxygen atoms in total. The third-order valence-corrected chi connectivity index (χ3v) is 10.4. The number of rotatable bonds is 2. The Bertz CT molecular complexity index is 2930. The monoisotopic (exact) mass is 589 g/mol. The van der Waals surface area contributed by atoms with Crippen molar-refractivity contribution in [2.24, 2.45) is 0 Å². The Kier molecular flexibility index (Phi) is 3.90. The molecule has 46 heavy (non-hydrogen) atoms. The van der Waals surface area contributed by atoms with E-state index in [4.69, 9.17) is 6.85 Å². The van der Waals surface area contributed by atoms with Gasteiger partial charge in [-0.05, 0) is 75.8 Å². The third-order valence-electron chi connectivity index (χ3n) is 10.4. The first-order valence-electron chi connectivity index (χ1n) is 18.3. The standard InChI is InChI=1S/C44H28N2/c1-2-13-27(14-3-1)45-35-21-10-8-19-32(35)42-37(45)23-12-24-38(42)46-36-22-11-9-20-33(36)43-39(46)26-25-34-40-28-15-4-6-17-30(28)41(44(34)43)31-18-7-5-16-29(31)40/h1-26,40-41H/i1D,2D,3D,13D,14D. The van der Waals surface area contributed by atoms with Gasteiger partial charge in [-0.3, -0.25) is 0 Å². The van der Waals surface area contributed by atoms with Gasteiger partial charge in [0.25, 0.3) is 0 Å². The Morgan fingerprint density at radius 1 is 0.413 bits per heavy atom. The zero-order chi connectivity index (χ0) is 34.3. The molecule has 214 valence electrons. The summed E-state index contributed by atoms with van der Waals surface area (Å²) in [6, 6.07) is 43.7. The fraction of sp³-hybridized carbons (Fsp3) is 0.0455. The Morgan fingerprint density at radius 3 is 1.65 bits per heavy atom. The van der Waals surface area contributed by atoms with Crippen LogP contribution in [0.4, 0.5) is 0 Å². The van der Waals surface area contributed by atoms with Crippen LogP contribution in [0.2, 0.25) is 0 Å². The van der Waals surface area contributed by atoms with E-state index in [2.05, 4.69) is 102 Å². The Labute approximate surface area is 273 Å². The van der Waals surface area contributed by atoms with Crippen LogP contribution in [0.25, 0.3) is 55.0 Å². The van der Waals surface area contributed by atoms with E-state index in [1.54, 1.807) is 0 Å². The molecule has 2 heteroatoms. The molecule has 0 amide bonds. The largest absolute Gasteiger partial charge is 0.309 e. The van der Waals surface area contributed by atoms with Crippen molar-refractivity contribution >= 4 is 43.6 Å². The molecule has 3 aliphatic carbocycles. The molecule has 0 N–H and O–H groups in total. The number of benzene rings is 7. The topological polar surface area (TPSA) is 9.86 Å². The van der Waals surface area contributed by atoms with Crippen molar-refractivity contribution in [3.8, 4) is 11.4 Å². The van der Waals surface area contributed by atoms with E-state index in [0.717, 1.165) is 38.5 Å². The van der Waals surface area contributed by atoms with Gasteiger partial charge in [-0.1, -0.05) is 115 Å². The highest BCUT2D eigenvalue weighted by Crippen LogP contribution is 2.58. The maximum absolute atomic E-state index is 8.91. The van der Waals surface area contributed by atoms with E-state index in [0.29, 0.717) is 0 Å². The lowest BCUT2D eigenvalue weighted by atomic mass is 9.60. The maximum atomic E-state index is 8.91. The molecule has 12 rings (SSSR count). The molecule has 0 saturated heterocycles. The summed E-state index contributed by atoms with van der Waals surface area (Å²) in [7, 11) is 0. The Hall–Kier alpha value is -5.86. The SMILES string of the molecule is [2H]c1c([2H])c([2H])c(-n2c3ccccc3c3c(-n4c5ccccc5c5c6c(ccc54)C4c5ccccc5C6c5ccccc54)cccc32)c([2H])c1[2H]. The second kappa shape index (κ2) is 8.87. The highest BCUT2D eigenvalue weighted by atomic mass is 15.0. The summed E-state index contributed by atoms with van der Waals surface area (Å²) in [5.74, 6) is 0.282. The number of aromatic nitrogens is 2. The van der Waals surface area contributed by atoms with Crippen molar-refractivity contribution in [3.63, 3.8) is 0 Å². The van der Waals surface area contributed by atoms with Gasteiger partial charge in [-0.15, -0.1) is 0 Å². The third kappa shape index (κ3) is 2.97. The summed E-state index contributed by atoms with van der Waals surface area (Å²) in [5, 5.41) is 4.35. The minimum atomic E-state index is -0.400. The van der Waals surface area contributed by atoms with Gasteiger partial charge in [0.05, 0.1) is 34.6 Å². The quantitative estimate of drug-likeness (QED) is 0.190. The minimum Gasteiger partial charge on any atom is -0.309 e. The second-order valence-electron chi connectivity index (χ2n) is 12.4. The zero-order valence-electron chi connectivity index (χ0n) is 29.7. The molecule has 0 unspecified atom stereocenters. The number of nitrogens with zero attached hydrogens (tertiary/aromatic N) is 2. The maximum Gasteiger partial charge on any atom is 0.0645 e. The van der Waals surface area contributed by atoms with Crippen molar-refractivity contribution in [1.82, 2.24) is 9.13 Å². The summed E-state index contributed by atoms with van der Waals surface area (Å²) in [6.07, 6.45) is 0. The predicted molar refractivity (Wildman–Crippen MR) is 190 cm³/mol.